The fraction of sp³-hybridized carbons (Fsp3) is 0.500. The number of halogens is 1. The molecule has 1 N–H and O–H groups in total. The first-order valence-corrected chi connectivity index (χ1v) is 5.13. The Bertz CT molecular complexity index is 294. The van der Waals surface area contributed by atoms with Gasteiger partial charge in [-0.15, -0.1) is 0 Å². The van der Waals surface area contributed by atoms with Crippen molar-refractivity contribution in [2.45, 2.75) is 38.0 Å². The molecule has 1 aliphatic carbocycles. The van der Waals surface area contributed by atoms with Gasteiger partial charge in [-0.1, -0.05) is 24.3 Å². The Morgan fingerprint density at radius 2 is 1.93 bits per heavy atom. The van der Waals surface area contributed by atoms with E-state index >= 15 is 0 Å². The van der Waals surface area contributed by atoms with Gasteiger partial charge in [-0.3, -0.25) is 0 Å². The number of hydrogen-bond donors (Lipinski definition) is 1. The molecule has 2 atom stereocenters. The fourth-order valence-corrected chi connectivity index (χ4v) is 2.12. The first-order chi connectivity index (χ1) is 6.79. The largest absolute Gasteiger partial charge is 0.392 e. The van der Waals surface area contributed by atoms with Crippen molar-refractivity contribution < 1.29 is 9.50 Å². The van der Waals surface area contributed by atoms with Gasteiger partial charge in [-0.05, 0) is 36.3 Å². The van der Waals surface area contributed by atoms with E-state index in [0.717, 1.165) is 12.0 Å². The summed E-state index contributed by atoms with van der Waals surface area (Å²) in [5.41, 5.74) is 2.13. The standard InChI is InChI=1S/C12H15FO/c13-12-6-5-11(7-12)10-3-1-9(8-14)2-4-10/h1-4,11-12,14H,5-8H2. The normalized spacial score (nSPS) is 26.7. The van der Waals surface area contributed by atoms with Crippen LogP contribution in [0.5, 0.6) is 0 Å². The van der Waals surface area contributed by atoms with Crippen molar-refractivity contribution in [3.05, 3.63) is 35.4 Å². The van der Waals surface area contributed by atoms with Crippen LogP contribution in [0.25, 0.3) is 0 Å². The first kappa shape index (κ1) is 9.66. The van der Waals surface area contributed by atoms with Gasteiger partial charge in [-0.25, -0.2) is 4.39 Å². The summed E-state index contributed by atoms with van der Waals surface area (Å²) < 4.78 is 13.0. The van der Waals surface area contributed by atoms with Gasteiger partial charge in [0.2, 0.25) is 0 Å². The van der Waals surface area contributed by atoms with E-state index in [1.807, 2.05) is 24.3 Å². The minimum absolute atomic E-state index is 0.0800. The van der Waals surface area contributed by atoms with Crippen molar-refractivity contribution in [3.63, 3.8) is 0 Å². The van der Waals surface area contributed by atoms with Crippen molar-refractivity contribution >= 4 is 0 Å². The molecule has 0 bridgehead atoms. The van der Waals surface area contributed by atoms with Crippen molar-refractivity contribution in [2.24, 2.45) is 0 Å². The van der Waals surface area contributed by atoms with E-state index in [1.165, 1.54) is 5.56 Å². The molecule has 2 rings (SSSR count). The van der Waals surface area contributed by atoms with Crippen molar-refractivity contribution in [3.8, 4) is 0 Å². The number of alkyl halides is 1. The van der Waals surface area contributed by atoms with Crippen LogP contribution in [0.4, 0.5) is 4.39 Å². The minimum Gasteiger partial charge on any atom is -0.392 e. The molecule has 1 aromatic carbocycles. The molecule has 1 fully saturated rings. The smallest absolute Gasteiger partial charge is 0.101 e. The molecule has 1 nitrogen and oxygen atoms in total. The Hall–Kier alpha value is -0.890. The maximum atomic E-state index is 13.0. The first-order valence-electron chi connectivity index (χ1n) is 5.13. The molecule has 1 saturated carbocycles. The molecule has 0 aliphatic heterocycles. The average Bonchev–Trinajstić information content (AvgIpc) is 2.65. The van der Waals surface area contributed by atoms with Crippen LogP contribution in [0, 0.1) is 0 Å². The van der Waals surface area contributed by atoms with Crippen LogP contribution in [0.1, 0.15) is 36.3 Å². The van der Waals surface area contributed by atoms with Gasteiger partial charge in [-0.2, -0.15) is 0 Å². The second-order valence-electron chi connectivity index (χ2n) is 4.01. The van der Waals surface area contributed by atoms with Crippen molar-refractivity contribution in [1.82, 2.24) is 0 Å². The molecule has 0 heterocycles. The molecule has 0 saturated heterocycles. The summed E-state index contributed by atoms with van der Waals surface area (Å²) in [5, 5.41) is 8.88. The highest BCUT2D eigenvalue weighted by molar-refractivity contribution is 5.25. The van der Waals surface area contributed by atoms with E-state index in [9.17, 15) is 4.39 Å². The van der Waals surface area contributed by atoms with Crippen LogP contribution in [-0.4, -0.2) is 11.3 Å². The van der Waals surface area contributed by atoms with E-state index in [1.54, 1.807) is 0 Å². The molecule has 0 spiro atoms. The molecule has 1 aromatic rings. The zero-order chi connectivity index (χ0) is 9.97. The summed E-state index contributed by atoms with van der Waals surface area (Å²) in [6.07, 6.45) is 1.71. The highest BCUT2D eigenvalue weighted by Gasteiger charge is 2.25. The Morgan fingerprint density at radius 1 is 1.21 bits per heavy atom. The Balaban J connectivity index is 2.09. The summed E-state index contributed by atoms with van der Waals surface area (Å²) in [4.78, 5) is 0. The molecule has 1 aliphatic rings. The number of rotatable bonds is 2. The number of aliphatic hydroxyl groups excluding tert-OH is 1. The molecular weight excluding hydrogens is 179 g/mol. The summed E-state index contributed by atoms with van der Waals surface area (Å²) in [7, 11) is 0. The summed E-state index contributed by atoms with van der Waals surface area (Å²) >= 11 is 0. The van der Waals surface area contributed by atoms with Gasteiger partial charge >= 0.3 is 0 Å². The van der Waals surface area contributed by atoms with Gasteiger partial charge < -0.3 is 5.11 Å². The number of aliphatic hydroxyl groups is 1. The Kier molecular flexibility index (Phi) is 2.82. The zero-order valence-electron chi connectivity index (χ0n) is 8.12. The van der Waals surface area contributed by atoms with Gasteiger partial charge in [0.25, 0.3) is 0 Å². The van der Waals surface area contributed by atoms with Gasteiger partial charge in [0.05, 0.1) is 6.61 Å². The number of benzene rings is 1. The molecule has 14 heavy (non-hydrogen) atoms. The minimum atomic E-state index is -0.613. The van der Waals surface area contributed by atoms with Gasteiger partial charge in [0.15, 0.2) is 0 Å². The predicted molar refractivity (Wildman–Crippen MR) is 53.9 cm³/mol. The Labute approximate surface area is 83.6 Å². The molecule has 76 valence electrons. The fourth-order valence-electron chi connectivity index (χ4n) is 2.12. The SMILES string of the molecule is OCc1ccc(C2CCC(F)C2)cc1. The van der Waals surface area contributed by atoms with Crippen LogP contribution in [0.2, 0.25) is 0 Å². The lowest BCUT2D eigenvalue weighted by molar-refractivity contribution is 0.282. The van der Waals surface area contributed by atoms with E-state index in [-0.39, 0.29) is 6.61 Å². The van der Waals surface area contributed by atoms with Crippen LogP contribution in [-0.2, 0) is 6.61 Å². The second-order valence-corrected chi connectivity index (χ2v) is 4.01. The van der Waals surface area contributed by atoms with Gasteiger partial charge in [0, 0.05) is 0 Å². The quantitative estimate of drug-likeness (QED) is 0.767. The van der Waals surface area contributed by atoms with Crippen molar-refractivity contribution in [1.29, 1.82) is 0 Å². The predicted octanol–water partition coefficient (Wildman–Crippen LogP) is 2.78. The lowest BCUT2D eigenvalue weighted by Gasteiger charge is -2.09. The third kappa shape index (κ3) is 1.95. The molecule has 2 unspecified atom stereocenters. The molecule has 0 aromatic heterocycles. The van der Waals surface area contributed by atoms with Crippen LogP contribution in [0.15, 0.2) is 24.3 Å². The third-order valence-corrected chi connectivity index (χ3v) is 3.00. The third-order valence-electron chi connectivity index (χ3n) is 3.00. The van der Waals surface area contributed by atoms with Gasteiger partial charge in [0.1, 0.15) is 6.17 Å². The van der Waals surface area contributed by atoms with Crippen LogP contribution < -0.4 is 0 Å². The molecule has 0 amide bonds. The summed E-state index contributed by atoms with van der Waals surface area (Å²) in [5.74, 6) is 0.387. The average molecular weight is 194 g/mol. The maximum Gasteiger partial charge on any atom is 0.101 e. The van der Waals surface area contributed by atoms with E-state index in [0.29, 0.717) is 18.8 Å². The lowest BCUT2D eigenvalue weighted by Crippen LogP contribution is -1.95. The summed E-state index contributed by atoms with van der Waals surface area (Å²) in [6, 6.07) is 7.85. The van der Waals surface area contributed by atoms with Crippen molar-refractivity contribution in [2.75, 3.05) is 0 Å². The van der Waals surface area contributed by atoms with E-state index < -0.39 is 6.17 Å². The molecule has 2 heteroatoms. The second kappa shape index (κ2) is 4.09. The number of hydrogen-bond acceptors (Lipinski definition) is 1. The molecular formula is C12H15FO. The highest BCUT2D eigenvalue weighted by Crippen LogP contribution is 2.35. The van der Waals surface area contributed by atoms with E-state index in [4.69, 9.17) is 5.11 Å². The maximum absolute atomic E-state index is 13.0. The lowest BCUT2D eigenvalue weighted by atomic mass is 9.97. The monoisotopic (exact) mass is 194 g/mol. The van der Waals surface area contributed by atoms with E-state index in [2.05, 4.69) is 0 Å². The highest BCUT2D eigenvalue weighted by atomic mass is 19.1. The molecule has 0 radical (unpaired) electrons. The summed E-state index contributed by atoms with van der Waals surface area (Å²) in [6.45, 7) is 0.0800. The van der Waals surface area contributed by atoms with Crippen LogP contribution >= 0.6 is 0 Å². The topological polar surface area (TPSA) is 20.2 Å². The van der Waals surface area contributed by atoms with Crippen LogP contribution in [0.3, 0.4) is 0 Å². The zero-order valence-corrected chi connectivity index (χ0v) is 8.12. The Morgan fingerprint density at radius 3 is 2.43 bits per heavy atom.